The second kappa shape index (κ2) is 10.6. The number of ether oxygens (including phenoxy) is 1. The predicted octanol–water partition coefficient (Wildman–Crippen LogP) is 4.75. The van der Waals surface area contributed by atoms with Gasteiger partial charge in [-0.25, -0.2) is 37.0 Å². The predicted molar refractivity (Wildman–Crippen MR) is 120 cm³/mol. The standard InChI is InChI=1S/C23H19F4N5O3/c1-31(2)12-29-23(34)35-11-13-6-9-19(30-20(13)15-8-7-14(24)10-18(15)27)32(22(28)33)21-16(25)4-3-5-17(21)26/h3-10,12H,11H2,1-2H3,(H2,28,33)/b29-12+. The van der Waals surface area contributed by atoms with E-state index in [0.29, 0.717) is 11.0 Å². The molecule has 0 radical (unpaired) electrons. The zero-order valence-electron chi connectivity index (χ0n) is 18.5. The van der Waals surface area contributed by atoms with Gasteiger partial charge in [-0.05, 0) is 36.4 Å². The lowest BCUT2D eigenvalue weighted by atomic mass is 10.1. The van der Waals surface area contributed by atoms with Gasteiger partial charge in [0.25, 0.3) is 0 Å². The smallest absolute Gasteiger partial charge is 0.435 e. The molecule has 0 fully saturated rings. The van der Waals surface area contributed by atoms with Crippen LogP contribution < -0.4 is 10.6 Å². The Morgan fingerprint density at radius 3 is 2.31 bits per heavy atom. The highest BCUT2D eigenvalue weighted by molar-refractivity contribution is 5.98. The number of nitrogens with zero attached hydrogens (tertiary/aromatic N) is 4. The quantitative estimate of drug-likeness (QED) is 0.306. The minimum atomic E-state index is -1.27. The normalized spacial score (nSPS) is 10.9. The van der Waals surface area contributed by atoms with Crippen molar-refractivity contribution in [1.82, 2.24) is 9.88 Å². The molecule has 0 bridgehead atoms. The maximum absolute atomic E-state index is 14.6. The monoisotopic (exact) mass is 489 g/mol. The van der Waals surface area contributed by atoms with Crippen LogP contribution in [0.1, 0.15) is 5.56 Å². The summed E-state index contributed by atoms with van der Waals surface area (Å²) >= 11 is 0. The molecule has 8 nitrogen and oxygen atoms in total. The van der Waals surface area contributed by atoms with Crippen LogP contribution >= 0.6 is 0 Å². The SMILES string of the molecule is CN(C)/C=N/C(=O)OCc1ccc(N(C(N)=O)c2c(F)cccc2F)nc1-c1ccc(F)cc1F. The van der Waals surface area contributed by atoms with E-state index in [2.05, 4.69) is 9.98 Å². The number of urea groups is 1. The third-order valence-corrected chi connectivity index (χ3v) is 4.51. The number of halogens is 4. The Kier molecular flexibility index (Phi) is 7.64. The summed E-state index contributed by atoms with van der Waals surface area (Å²) in [5.41, 5.74) is 4.29. The van der Waals surface area contributed by atoms with Crippen LogP contribution in [0, 0.1) is 23.3 Å². The average molecular weight is 489 g/mol. The van der Waals surface area contributed by atoms with Crippen LogP contribution in [0.2, 0.25) is 0 Å². The first-order valence-electron chi connectivity index (χ1n) is 9.94. The van der Waals surface area contributed by atoms with E-state index in [-0.39, 0.29) is 22.6 Å². The highest BCUT2D eigenvalue weighted by atomic mass is 19.1. The van der Waals surface area contributed by atoms with Crippen molar-refractivity contribution in [2.24, 2.45) is 10.7 Å². The van der Waals surface area contributed by atoms with Crippen LogP contribution in [0.3, 0.4) is 0 Å². The number of aliphatic imine (C=N–C) groups is 1. The molecule has 1 heterocycles. The van der Waals surface area contributed by atoms with Gasteiger partial charge in [-0.1, -0.05) is 6.07 Å². The Morgan fingerprint density at radius 1 is 1.03 bits per heavy atom. The third kappa shape index (κ3) is 5.91. The highest BCUT2D eigenvalue weighted by Gasteiger charge is 2.25. The van der Waals surface area contributed by atoms with E-state index < -0.39 is 47.7 Å². The molecule has 3 amide bonds. The first kappa shape index (κ1) is 25.1. The molecule has 0 saturated carbocycles. The van der Waals surface area contributed by atoms with Gasteiger partial charge < -0.3 is 15.4 Å². The summed E-state index contributed by atoms with van der Waals surface area (Å²) in [6.45, 7) is -0.437. The van der Waals surface area contributed by atoms with E-state index >= 15 is 0 Å². The van der Waals surface area contributed by atoms with Crippen LogP contribution in [-0.2, 0) is 11.3 Å². The number of amides is 3. The fourth-order valence-electron chi connectivity index (χ4n) is 3.01. The molecule has 2 N–H and O–H groups in total. The number of aromatic nitrogens is 1. The molecular formula is C23H19F4N5O3. The molecule has 2 aromatic carbocycles. The van der Waals surface area contributed by atoms with Gasteiger partial charge in [-0.3, -0.25) is 0 Å². The molecular weight excluding hydrogens is 470 g/mol. The fraction of sp³-hybridized carbons (Fsp3) is 0.130. The molecule has 0 saturated heterocycles. The summed E-state index contributed by atoms with van der Waals surface area (Å²) in [6.07, 6.45) is 0.248. The van der Waals surface area contributed by atoms with E-state index in [1.807, 2.05) is 0 Å². The van der Waals surface area contributed by atoms with Crippen molar-refractivity contribution < 1.29 is 31.9 Å². The average Bonchev–Trinajstić information content (AvgIpc) is 2.78. The summed E-state index contributed by atoms with van der Waals surface area (Å²) in [5.74, 6) is -4.44. The first-order valence-corrected chi connectivity index (χ1v) is 9.94. The number of rotatable bonds is 6. The molecule has 0 aliphatic rings. The van der Waals surface area contributed by atoms with Gasteiger partial charge in [0.1, 0.15) is 41.4 Å². The zero-order chi connectivity index (χ0) is 25.7. The molecule has 3 rings (SSSR count). The maximum atomic E-state index is 14.6. The van der Waals surface area contributed by atoms with E-state index in [9.17, 15) is 27.2 Å². The van der Waals surface area contributed by atoms with Crippen LogP contribution in [0.5, 0.6) is 0 Å². The maximum Gasteiger partial charge on any atom is 0.435 e. The topological polar surface area (TPSA) is 101 Å². The summed E-state index contributed by atoms with van der Waals surface area (Å²) < 4.78 is 62.0. The number of para-hydroxylation sites is 1. The van der Waals surface area contributed by atoms with E-state index in [4.69, 9.17) is 10.5 Å². The van der Waals surface area contributed by atoms with Crippen molar-refractivity contribution in [2.45, 2.75) is 6.61 Å². The fourth-order valence-corrected chi connectivity index (χ4v) is 3.01. The van der Waals surface area contributed by atoms with Crippen LogP contribution in [-0.4, -0.2) is 42.4 Å². The van der Waals surface area contributed by atoms with E-state index in [1.54, 1.807) is 14.1 Å². The lowest BCUT2D eigenvalue weighted by Gasteiger charge is -2.22. The van der Waals surface area contributed by atoms with Gasteiger partial charge in [-0.2, -0.15) is 4.99 Å². The van der Waals surface area contributed by atoms with Gasteiger partial charge >= 0.3 is 12.1 Å². The second-order valence-electron chi connectivity index (χ2n) is 7.31. The Labute approximate surface area is 197 Å². The molecule has 3 aromatic rings. The van der Waals surface area contributed by atoms with Crippen LogP contribution in [0.15, 0.2) is 53.5 Å². The van der Waals surface area contributed by atoms with Crippen LogP contribution in [0.25, 0.3) is 11.3 Å². The number of hydrogen-bond donors (Lipinski definition) is 1. The molecule has 182 valence electrons. The van der Waals surface area contributed by atoms with Crippen molar-refractivity contribution in [2.75, 3.05) is 19.0 Å². The van der Waals surface area contributed by atoms with E-state index in [1.165, 1.54) is 23.4 Å². The van der Waals surface area contributed by atoms with Gasteiger partial charge in [0.2, 0.25) is 0 Å². The summed E-state index contributed by atoms with van der Waals surface area (Å²) in [7, 11) is 3.27. The number of benzene rings is 2. The molecule has 0 spiro atoms. The summed E-state index contributed by atoms with van der Waals surface area (Å²) in [6, 6.07) is 6.75. The largest absolute Gasteiger partial charge is 0.443 e. The number of pyridine rings is 1. The molecule has 1 aromatic heterocycles. The van der Waals surface area contributed by atoms with Gasteiger partial charge in [0, 0.05) is 31.3 Å². The molecule has 0 aliphatic heterocycles. The molecule has 0 aliphatic carbocycles. The van der Waals surface area contributed by atoms with Crippen molar-refractivity contribution in [1.29, 1.82) is 0 Å². The highest BCUT2D eigenvalue weighted by Crippen LogP contribution is 2.33. The summed E-state index contributed by atoms with van der Waals surface area (Å²) in [5, 5.41) is 0. The van der Waals surface area contributed by atoms with Crippen molar-refractivity contribution in [3.05, 3.63) is 77.4 Å². The van der Waals surface area contributed by atoms with Crippen molar-refractivity contribution >= 4 is 30.0 Å². The Hall–Kier alpha value is -4.48. The third-order valence-electron chi connectivity index (χ3n) is 4.51. The molecule has 0 atom stereocenters. The Bertz CT molecular complexity index is 1280. The van der Waals surface area contributed by atoms with Gasteiger partial charge in [-0.15, -0.1) is 0 Å². The minimum absolute atomic E-state index is 0.131. The lowest BCUT2D eigenvalue weighted by molar-refractivity contribution is 0.151. The van der Waals surface area contributed by atoms with Gasteiger partial charge in [0.15, 0.2) is 0 Å². The van der Waals surface area contributed by atoms with Crippen molar-refractivity contribution in [3.8, 4) is 11.3 Å². The number of carbonyl (C=O) groups excluding carboxylic acids is 2. The number of hydrogen-bond acceptors (Lipinski definition) is 4. The van der Waals surface area contributed by atoms with Gasteiger partial charge in [0.05, 0.1) is 12.0 Å². The first-order chi connectivity index (χ1) is 16.6. The van der Waals surface area contributed by atoms with Crippen LogP contribution in [0.4, 0.5) is 38.7 Å². The Balaban J connectivity index is 2.11. The molecule has 0 unspecified atom stereocenters. The number of carbonyl (C=O) groups is 2. The number of anilines is 2. The minimum Gasteiger partial charge on any atom is -0.443 e. The molecule has 12 heteroatoms. The zero-order valence-corrected chi connectivity index (χ0v) is 18.5. The number of nitrogens with two attached hydrogens (primary N) is 1. The second-order valence-corrected chi connectivity index (χ2v) is 7.31. The summed E-state index contributed by atoms with van der Waals surface area (Å²) in [4.78, 5) is 33.7. The van der Waals surface area contributed by atoms with Crippen molar-refractivity contribution in [3.63, 3.8) is 0 Å². The Morgan fingerprint density at radius 2 is 1.71 bits per heavy atom. The number of primary amides is 1. The molecule has 35 heavy (non-hydrogen) atoms. The lowest BCUT2D eigenvalue weighted by Crippen LogP contribution is -2.33. The van der Waals surface area contributed by atoms with E-state index in [0.717, 1.165) is 30.3 Å².